The zero-order chi connectivity index (χ0) is 18.8. The molecular formula is C20H15N3O3S. The molecule has 0 radical (unpaired) electrons. The Morgan fingerprint density at radius 2 is 2.04 bits per heavy atom. The van der Waals surface area contributed by atoms with Crippen molar-refractivity contribution >= 4 is 38.9 Å². The Morgan fingerprint density at radius 3 is 2.85 bits per heavy atom. The van der Waals surface area contributed by atoms with E-state index in [1.54, 1.807) is 37.4 Å². The quantitative estimate of drug-likeness (QED) is 0.377. The number of carboxylic acids is 1. The second-order valence-electron chi connectivity index (χ2n) is 5.84. The molecule has 0 spiro atoms. The minimum absolute atomic E-state index is 0.261. The number of fused-ring (bicyclic) bond motifs is 1. The number of thiazole rings is 1. The van der Waals surface area contributed by atoms with Gasteiger partial charge in [-0.25, -0.2) is 9.78 Å². The number of anilines is 1. The third kappa shape index (κ3) is 3.45. The number of aromatic carboxylic acids is 1. The van der Waals surface area contributed by atoms with Crippen molar-refractivity contribution in [2.24, 2.45) is 5.10 Å². The molecule has 27 heavy (non-hydrogen) atoms. The van der Waals surface area contributed by atoms with Crippen molar-refractivity contribution in [2.45, 2.75) is 6.92 Å². The Labute approximate surface area is 158 Å². The van der Waals surface area contributed by atoms with Gasteiger partial charge < -0.3 is 9.52 Å². The predicted molar refractivity (Wildman–Crippen MR) is 107 cm³/mol. The summed E-state index contributed by atoms with van der Waals surface area (Å²) in [6.45, 7) is 1.77. The number of nitrogens with one attached hydrogen (secondary N) is 1. The molecule has 0 fully saturated rings. The van der Waals surface area contributed by atoms with Crippen LogP contribution in [0.15, 0.2) is 64.1 Å². The van der Waals surface area contributed by atoms with Crippen LogP contribution in [0.1, 0.15) is 21.7 Å². The van der Waals surface area contributed by atoms with Gasteiger partial charge >= 0.3 is 5.97 Å². The molecule has 0 aliphatic carbocycles. The summed E-state index contributed by atoms with van der Waals surface area (Å²) in [5.41, 5.74) is 5.50. The Kier molecular flexibility index (Phi) is 4.43. The zero-order valence-corrected chi connectivity index (χ0v) is 15.2. The number of benzene rings is 2. The molecule has 0 unspecified atom stereocenters. The van der Waals surface area contributed by atoms with Crippen LogP contribution in [0, 0.1) is 6.92 Å². The zero-order valence-electron chi connectivity index (χ0n) is 14.3. The Balaban J connectivity index is 1.52. The van der Waals surface area contributed by atoms with Crippen LogP contribution in [-0.4, -0.2) is 22.3 Å². The molecule has 0 bridgehead atoms. The highest BCUT2D eigenvalue weighted by Gasteiger charge is 2.13. The minimum atomic E-state index is -0.956. The van der Waals surface area contributed by atoms with Crippen molar-refractivity contribution in [3.8, 4) is 11.3 Å². The van der Waals surface area contributed by atoms with Gasteiger partial charge in [0, 0.05) is 5.56 Å². The normalized spacial score (nSPS) is 11.3. The maximum Gasteiger partial charge on any atom is 0.335 e. The van der Waals surface area contributed by atoms with Crippen molar-refractivity contribution in [1.82, 2.24) is 4.98 Å². The first-order chi connectivity index (χ1) is 13.1. The number of hydrogen-bond donors (Lipinski definition) is 2. The van der Waals surface area contributed by atoms with E-state index in [-0.39, 0.29) is 5.56 Å². The van der Waals surface area contributed by atoms with Crippen molar-refractivity contribution in [3.63, 3.8) is 0 Å². The largest absolute Gasteiger partial charge is 0.478 e. The highest BCUT2D eigenvalue weighted by Crippen LogP contribution is 2.28. The molecule has 0 amide bonds. The first-order valence-corrected chi connectivity index (χ1v) is 9.01. The average molecular weight is 377 g/mol. The molecule has 2 N–H and O–H groups in total. The van der Waals surface area contributed by atoms with E-state index in [4.69, 9.17) is 4.42 Å². The molecule has 0 saturated heterocycles. The summed E-state index contributed by atoms with van der Waals surface area (Å²) in [6, 6.07) is 16.6. The summed E-state index contributed by atoms with van der Waals surface area (Å²) in [4.78, 5) is 15.7. The predicted octanol–water partition coefficient (Wildman–Crippen LogP) is 5.01. The molecule has 134 valence electrons. The second-order valence-corrected chi connectivity index (χ2v) is 6.87. The van der Waals surface area contributed by atoms with Crippen LogP contribution in [0.4, 0.5) is 5.13 Å². The molecule has 2 aromatic heterocycles. The standard InChI is InChI=1S/C20H15N3O3S/c1-12-14(5-4-6-15(12)19(24)25)17-10-9-13(26-17)11-21-23-20-22-16-7-2-3-8-18(16)27-20/h2-11H,1H3,(H,22,23)(H,24,25)/b21-11-. The average Bonchev–Trinajstić information content (AvgIpc) is 3.28. The van der Waals surface area contributed by atoms with Gasteiger partial charge in [-0.2, -0.15) is 5.10 Å². The molecule has 0 aliphatic heterocycles. The fourth-order valence-electron chi connectivity index (χ4n) is 2.77. The molecule has 4 aromatic rings. The summed E-state index contributed by atoms with van der Waals surface area (Å²) >= 11 is 1.52. The topological polar surface area (TPSA) is 87.7 Å². The van der Waals surface area contributed by atoms with Gasteiger partial charge in [-0.1, -0.05) is 35.6 Å². The van der Waals surface area contributed by atoms with E-state index in [0.29, 0.717) is 22.2 Å². The van der Waals surface area contributed by atoms with E-state index >= 15 is 0 Å². The van der Waals surface area contributed by atoms with E-state index < -0.39 is 5.97 Å². The lowest BCUT2D eigenvalue weighted by Crippen LogP contribution is -2.00. The van der Waals surface area contributed by atoms with Crippen LogP contribution in [0.3, 0.4) is 0 Å². The monoisotopic (exact) mass is 377 g/mol. The molecular weight excluding hydrogens is 362 g/mol. The molecule has 0 atom stereocenters. The maximum absolute atomic E-state index is 11.3. The van der Waals surface area contributed by atoms with Gasteiger partial charge in [-0.3, -0.25) is 5.43 Å². The molecule has 4 rings (SSSR count). The van der Waals surface area contributed by atoms with Crippen LogP contribution in [0.2, 0.25) is 0 Å². The van der Waals surface area contributed by atoms with E-state index in [1.165, 1.54) is 11.3 Å². The first kappa shape index (κ1) is 17.0. The summed E-state index contributed by atoms with van der Waals surface area (Å²) in [5, 5.41) is 14.1. The first-order valence-electron chi connectivity index (χ1n) is 8.19. The second kappa shape index (κ2) is 7.05. The number of para-hydroxylation sites is 1. The molecule has 0 saturated carbocycles. The van der Waals surface area contributed by atoms with Gasteiger partial charge in [-0.15, -0.1) is 0 Å². The molecule has 2 heterocycles. The number of rotatable bonds is 5. The summed E-state index contributed by atoms with van der Waals surface area (Å²) < 4.78 is 6.87. The molecule has 0 aliphatic rings. The van der Waals surface area contributed by atoms with E-state index in [1.807, 2.05) is 30.3 Å². The number of carbonyl (C=O) groups is 1. The fourth-order valence-corrected chi connectivity index (χ4v) is 3.59. The van der Waals surface area contributed by atoms with Gasteiger partial charge in [0.25, 0.3) is 0 Å². The van der Waals surface area contributed by atoms with Crippen molar-refractivity contribution in [2.75, 3.05) is 5.43 Å². The van der Waals surface area contributed by atoms with Crippen molar-refractivity contribution in [1.29, 1.82) is 0 Å². The Hall–Kier alpha value is -3.45. The number of carboxylic acid groups (broad SMARTS) is 1. The van der Waals surface area contributed by atoms with Crippen LogP contribution >= 0.6 is 11.3 Å². The van der Waals surface area contributed by atoms with Crippen molar-refractivity contribution in [3.05, 3.63) is 71.5 Å². The number of furan rings is 1. The van der Waals surface area contributed by atoms with E-state index in [9.17, 15) is 9.90 Å². The van der Waals surface area contributed by atoms with Gasteiger partial charge in [0.2, 0.25) is 5.13 Å². The van der Waals surface area contributed by atoms with Crippen LogP contribution in [0.25, 0.3) is 21.5 Å². The van der Waals surface area contributed by atoms with E-state index in [2.05, 4.69) is 15.5 Å². The number of hydrazone groups is 1. The van der Waals surface area contributed by atoms with Gasteiger partial charge in [-0.05, 0) is 42.8 Å². The summed E-state index contributed by atoms with van der Waals surface area (Å²) in [5.74, 6) is 0.193. The van der Waals surface area contributed by atoms with Crippen LogP contribution in [-0.2, 0) is 0 Å². The highest BCUT2D eigenvalue weighted by atomic mass is 32.1. The molecule has 6 nitrogen and oxygen atoms in total. The van der Waals surface area contributed by atoms with Gasteiger partial charge in [0.15, 0.2) is 0 Å². The molecule has 2 aromatic carbocycles. The SMILES string of the molecule is Cc1c(C(=O)O)cccc1-c1ccc(/C=N\Nc2nc3ccccc3s2)o1. The van der Waals surface area contributed by atoms with E-state index in [0.717, 1.165) is 15.8 Å². The Bertz CT molecular complexity index is 1130. The third-order valence-corrected chi connectivity index (χ3v) is 5.04. The highest BCUT2D eigenvalue weighted by molar-refractivity contribution is 7.22. The number of hydrogen-bond acceptors (Lipinski definition) is 6. The fraction of sp³-hybridized carbons (Fsp3) is 0.0500. The summed E-state index contributed by atoms with van der Waals surface area (Å²) in [6.07, 6.45) is 1.56. The smallest absolute Gasteiger partial charge is 0.335 e. The molecule has 7 heteroatoms. The lowest BCUT2D eigenvalue weighted by molar-refractivity contribution is 0.0696. The summed E-state index contributed by atoms with van der Waals surface area (Å²) in [7, 11) is 0. The third-order valence-electron chi connectivity index (χ3n) is 4.10. The van der Waals surface area contributed by atoms with Crippen LogP contribution in [0.5, 0.6) is 0 Å². The lowest BCUT2D eigenvalue weighted by Gasteiger charge is -2.05. The van der Waals surface area contributed by atoms with Crippen LogP contribution < -0.4 is 5.43 Å². The Morgan fingerprint density at radius 1 is 1.19 bits per heavy atom. The maximum atomic E-state index is 11.3. The number of nitrogens with zero attached hydrogens (tertiary/aromatic N) is 2. The number of aromatic nitrogens is 1. The van der Waals surface area contributed by atoms with Gasteiger partial charge in [0.1, 0.15) is 11.5 Å². The van der Waals surface area contributed by atoms with Gasteiger partial charge in [0.05, 0.1) is 22.0 Å². The lowest BCUT2D eigenvalue weighted by atomic mass is 10.0. The minimum Gasteiger partial charge on any atom is -0.478 e. The van der Waals surface area contributed by atoms with Crippen molar-refractivity contribution < 1.29 is 14.3 Å².